The first kappa shape index (κ1) is 8.48. The van der Waals surface area contributed by atoms with Gasteiger partial charge in [0.2, 0.25) is 0 Å². The molecule has 2 rings (SSSR count). The zero-order valence-electron chi connectivity index (χ0n) is 7.46. The summed E-state index contributed by atoms with van der Waals surface area (Å²) >= 11 is 0. The quantitative estimate of drug-likeness (QED) is 0.589. The number of rotatable bonds is 2. The normalized spacial score (nSPS) is 47.5. The van der Waals surface area contributed by atoms with E-state index in [1.54, 1.807) is 0 Å². The molecule has 3 unspecified atom stereocenters. The fourth-order valence-electron chi connectivity index (χ4n) is 2.15. The molecule has 3 atom stereocenters. The minimum Gasteiger partial charge on any atom is -0.373 e. The van der Waals surface area contributed by atoms with E-state index in [0.717, 1.165) is 25.9 Å². The van der Waals surface area contributed by atoms with Crippen LogP contribution in [0.2, 0.25) is 0 Å². The second-order valence-electron chi connectivity index (χ2n) is 4.24. The van der Waals surface area contributed by atoms with Gasteiger partial charge in [-0.15, -0.1) is 0 Å². The summed E-state index contributed by atoms with van der Waals surface area (Å²) in [7, 11) is 0. The Labute approximate surface area is 73.4 Å². The van der Waals surface area contributed by atoms with E-state index in [1.807, 2.05) is 0 Å². The molecule has 2 aliphatic rings. The van der Waals surface area contributed by atoms with E-state index in [9.17, 15) is 0 Å². The van der Waals surface area contributed by atoms with Gasteiger partial charge >= 0.3 is 0 Å². The molecular formula is C9H18N2O. The van der Waals surface area contributed by atoms with Gasteiger partial charge in [0.25, 0.3) is 0 Å². The van der Waals surface area contributed by atoms with Crippen LogP contribution >= 0.6 is 0 Å². The van der Waals surface area contributed by atoms with Crippen LogP contribution in [0.5, 0.6) is 0 Å². The van der Waals surface area contributed by atoms with Crippen LogP contribution < -0.4 is 11.5 Å². The van der Waals surface area contributed by atoms with Crippen LogP contribution in [0.15, 0.2) is 0 Å². The average Bonchev–Trinajstić information content (AvgIpc) is 2.79. The lowest BCUT2D eigenvalue weighted by molar-refractivity contribution is 0.215. The van der Waals surface area contributed by atoms with Gasteiger partial charge in [-0.25, -0.2) is 0 Å². The number of epoxide rings is 1. The molecule has 0 bridgehead atoms. The molecular weight excluding hydrogens is 152 g/mol. The molecule has 0 spiro atoms. The Balaban J connectivity index is 1.94. The summed E-state index contributed by atoms with van der Waals surface area (Å²) in [5.41, 5.74) is 12.1. The van der Waals surface area contributed by atoms with Crippen LogP contribution in [0.1, 0.15) is 32.1 Å². The second-order valence-corrected chi connectivity index (χ2v) is 4.24. The van der Waals surface area contributed by atoms with Gasteiger partial charge in [0.1, 0.15) is 0 Å². The van der Waals surface area contributed by atoms with Crippen molar-refractivity contribution in [2.24, 2.45) is 11.5 Å². The van der Waals surface area contributed by atoms with Crippen molar-refractivity contribution in [3.8, 4) is 0 Å². The number of hydrogen-bond acceptors (Lipinski definition) is 3. The van der Waals surface area contributed by atoms with Crippen LogP contribution in [0, 0.1) is 0 Å². The highest BCUT2D eigenvalue weighted by Gasteiger charge is 2.40. The third-order valence-electron chi connectivity index (χ3n) is 3.16. The van der Waals surface area contributed by atoms with E-state index >= 15 is 0 Å². The van der Waals surface area contributed by atoms with Crippen molar-refractivity contribution in [2.75, 3.05) is 6.61 Å². The van der Waals surface area contributed by atoms with Crippen molar-refractivity contribution in [1.29, 1.82) is 0 Å². The maximum absolute atomic E-state index is 6.24. The highest BCUT2D eigenvalue weighted by atomic mass is 16.6. The fourth-order valence-corrected chi connectivity index (χ4v) is 2.15. The Kier molecular flexibility index (Phi) is 2.10. The molecule has 0 aromatic carbocycles. The first-order valence-corrected chi connectivity index (χ1v) is 4.87. The van der Waals surface area contributed by atoms with E-state index in [2.05, 4.69) is 0 Å². The molecule has 1 aliphatic carbocycles. The lowest BCUT2D eigenvalue weighted by Crippen LogP contribution is -2.57. The smallest absolute Gasteiger partial charge is 0.0828 e. The van der Waals surface area contributed by atoms with Crippen LogP contribution in [-0.2, 0) is 4.74 Å². The summed E-state index contributed by atoms with van der Waals surface area (Å²) in [6.07, 6.45) is 6.02. The summed E-state index contributed by atoms with van der Waals surface area (Å²) in [5, 5.41) is 0. The number of ether oxygens (including phenoxy) is 1. The lowest BCUT2D eigenvalue weighted by atomic mass is 9.76. The molecule has 0 aromatic rings. The predicted molar refractivity (Wildman–Crippen MR) is 47.7 cm³/mol. The zero-order chi connectivity index (χ0) is 8.60. The maximum Gasteiger partial charge on any atom is 0.0828 e. The Hall–Kier alpha value is -0.120. The summed E-state index contributed by atoms with van der Waals surface area (Å²) in [6.45, 7) is 0.895. The van der Waals surface area contributed by atoms with E-state index in [1.165, 1.54) is 12.8 Å². The Morgan fingerprint density at radius 1 is 1.42 bits per heavy atom. The molecule has 2 fully saturated rings. The molecule has 1 saturated heterocycles. The SMILES string of the molecule is NC1CCCCC1(N)CC1CO1. The molecule has 1 aliphatic heterocycles. The first-order valence-electron chi connectivity index (χ1n) is 4.87. The molecule has 3 nitrogen and oxygen atoms in total. The summed E-state index contributed by atoms with van der Waals surface area (Å²) in [5.74, 6) is 0. The van der Waals surface area contributed by atoms with Gasteiger partial charge in [0.05, 0.1) is 12.7 Å². The van der Waals surface area contributed by atoms with E-state index in [4.69, 9.17) is 16.2 Å². The highest BCUT2D eigenvalue weighted by molar-refractivity contribution is 5.00. The van der Waals surface area contributed by atoms with Crippen LogP contribution in [0.3, 0.4) is 0 Å². The lowest BCUT2D eigenvalue weighted by Gasteiger charge is -2.38. The van der Waals surface area contributed by atoms with Crippen molar-refractivity contribution < 1.29 is 4.74 Å². The van der Waals surface area contributed by atoms with Crippen molar-refractivity contribution in [3.63, 3.8) is 0 Å². The van der Waals surface area contributed by atoms with Crippen molar-refractivity contribution in [2.45, 2.75) is 49.8 Å². The van der Waals surface area contributed by atoms with Gasteiger partial charge < -0.3 is 16.2 Å². The average molecular weight is 170 g/mol. The third kappa shape index (κ3) is 1.63. The van der Waals surface area contributed by atoms with Crippen LogP contribution in [0.25, 0.3) is 0 Å². The summed E-state index contributed by atoms with van der Waals surface area (Å²) in [6, 6.07) is 0.190. The van der Waals surface area contributed by atoms with E-state index in [-0.39, 0.29) is 11.6 Å². The van der Waals surface area contributed by atoms with Gasteiger partial charge in [-0.2, -0.15) is 0 Å². The molecule has 12 heavy (non-hydrogen) atoms. The van der Waals surface area contributed by atoms with Gasteiger partial charge in [0.15, 0.2) is 0 Å². The van der Waals surface area contributed by atoms with Gasteiger partial charge in [-0.1, -0.05) is 12.8 Å². The Bertz CT molecular complexity index is 170. The molecule has 1 saturated carbocycles. The minimum absolute atomic E-state index is 0.126. The third-order valence-corrected chi connectivity index (χ3v) is 3.16. The predicted octanol–water partition coefficient (Wildman–Crippen LogP) is 0.374. The molecule has 1 heterocycles. The van der Waals surface area contributed by atoms with Gasteiger partial charge in [-0.05, 0) is 19.3 Å². The fraction of sp³-hybridized carbons (Fsp3) is 1.00. The number of nitrogens with two attached hydrogens (primary N) is 2. The Morgan fingerprint density at radius 2 is 2.17 bits per heavy atom. The summed E-state index contributed by atoms with van der Waals surface area (Å²) in [4.78, 5) is 0. The van der Waals surface area contributed by atoms with Crippen molar-refractivity contribution in [3.05, 3.63) is 0 Å². The zero-order valence-corrected chi connectivity index (χ0v) is 7.46. The van der Waals surface area contributed by atoms with Crippen LogP contribution in [0.4, 0.5) is 0 Å². The molecule has 4 N–H and O–H groups in total. The molecule has 0 amide bonds. The second kappa shape index (κ2) is 2.98. The maximum atomic E-state index is 6.24. The van der Waals surface area contributed by atoms with Crippen molar-refractivity contribution in [1.82, 2.24) is 0 Å². The van der Waals surface area contributed by atoms with Gasteiger partial charge in [0, 0.05) is 11.6 Å². The van der Waals surface area contributed by atoms with Gasteiger partial charge in [-0.3, -0.25) is 0 Å². The Morgan fingerprint density at radius 3 is 2.75 bits per heavy atom. The summed E-state index contributed by atoms with van der Waals surface area (Å²) < 4.78 is 5.19. The van der Waals surface area contributed by atoms with Crippen molar-refractivity contribution >= 4 is 0 Å². The molecule has 0 radical (unpaired) electrons. The first-order chi connectivity index (χ1) is 5.71. The van der Waals surface area contributed by atoms with Crippen LogP contribution in [-0.4, -0.2) is 24.3 Å². The topological polar surface area (TPSA) is 64.6 Å². The molecule has 3 heteroatoms. The minimum atomic E-state index is -0.126. The number of hydrogen-bond donors (Lipinski definition) is 2. The largest absolute Gasteiger partial charge is 0.373 e. The molecule has 70 valence electrons. The monoisotopic (exact) mass is 170 g/mol. The highest BCUT2D eigenvalue weighted by Crippen LogP contribution is 2.32. The molecule has 0 aromatic heterocycles. The standard InChI is InChI=1S/C9H18N2O/c10-8-3-1-2-4-9(8,11)5-7-6-12-7/h7-8H,1-6,10-11H2. The van der Waals surface area contributed by atoms with E-state index in [0.29, 0.717) is 6.10 Å². The van der Waals surface area contributed by atoms with E-state index < -0.39 is 0 Å².